The summed E-state index contributed by atoms with van der Waals surface area (Å²) in [5, 5.41) is 15.8. The molecule has 12 nitrogen and oxygen atoms in total. The van der Waals surface area contributed by atoms with Crippen LogP contribution < -0.4 is 20.4 Å². The fourth-order valence-electron chi connectivity index (χ4n) is 6.40. The zero-order valence-corrected chi connectivity index (χ0v) is 30.6. The van der Waals surface area contributed by atoms with Crippen LogP contribution in [0.5, 0.6) is 0 Å². The molecule has 2 heterocycles. The molecular weight excluding hydrogens is 733 g/mol. The maximum absolute atomic E-state index is 14.4. The van der Waals surface area contributed by atoms with Crippen molar-refractivity contribution in [2.24, 2.45) is 0 Å². The number of amides is 4. The van der Waals surface area contributed by atoms with Gasteiger partial charge in [0.25, 0.3) is 5.91 Å². The topological polar surface area (TPSA) is 162 Å². The number of aryl methyl sites for hydroxylation is 2. The monoisotopic (exact) mass is 769 g/mol. The minimum Gasteiger partial charge on any atom is -0.481 e. The lowest BCUT2D eigenvalue weighted by Gasteiger charge is -2.26. The fraction of sp³-hybridized carbons (Fsp3) is 0.250. The van der Waals surface area contributed by atoms with Gasteiger partial charge in [-0.25, -0.2) is 4.98 Å². The summed E-state index contributed by atoms with van der Waals surface area (Å²) in [6.07, 6.45) is 0.530. The first-order chi connectivity index (χ1) is 26.0. The first-order valence-electron chi connectivity index (χ1n) is 17.4. The fourth-order valence-corrected chi connectivity index (χ4v) is 6.92. The summed E-state index contributed by atoms with van der Waals surface area (Å²) in [7, 11) is 0. The minimum atomic E-state index is -1.19. The van der Waals surface area contributed by atoms with Gasteiger partial charge in [-0.15, -0.1) is 0 Å². The molecule has 0 fully saturated rings. The number of fused-ring (bicyclic) bond motifs is 2. The van der Waals surface area contributed by atoms with Crippen LogP contribution in [0.1, 0.15) is 36.3 Å². The number of oxazole rings is 1. The zero-order chi connectivity index (χ0) is 38.2. The van der Waals surface area contributed by atoms with E-state index >= 15 is 0 Å². The van der Waals surface area contributed by atoms with Gasteiger partial charge in [0.1, 0.15) is 18.1 Å². The second-order valence-electron chi connectivity index (χ2n) is 12.9. The molecule has 5 aromatic rings. The summed E-state index contributed by atoms with van der Waals surface area (Å²) in [4.78, 5) is 74.2. The molecule has 14 heteroatoms. The van der Waals surface area contributed by atoms with Crippen molar-refractivity contribution in [2.75, 3.05) is 22.9 Å². The van der Waals surface area contributed by atoms with E-state index in [0.717, 1.165) is 11.1 Å². The van der Waals surface area contributed by atoms with Crippen molar-refractivity contribution in [1.29, 1.82) is 0 Å². The Hall–Kier alpha value is -5.72. The number of para-hydroxylation sites is 2. The molecule has 1 aliphatic rings. The van der Waals surface area contributed by atoms with Gasteiger partial charge in [0.05, 0.1) is 29.4 Å². The van der Waals surface area contributed by atoms with E-state index < -0.39 is 48.7 Å². The lowest BCUT2D eigenvalue weighted by molar-refractivity contribution is -0.137. The van der Waals surface area contributed by atoms with Gasteiger partial charge in [-0.3, -0.25) is 28.9 Å². The van der Waals surface area contributed by atoms with Crippen LogP contribution in [0.3, 0.4) is 0 Å². The molecule has 0 saturated heterocycles. The van der Waals surface area contributed by atoms with E-state index in [0.29, 0.717) is 29.1 Å². The number of aliphatic carboxylic acids is 1. The van der Waals surface area contributed by atoms with Crippen LogP contribution in [0, 0.1) is 0 Å². The predicted molar refractivity (Wildman–Crippen MR) is 205 cm³/mol. The molecule has 0 radical (unpaired) electrons. The number of anilines is 2. The Morgan fingerprint density at radius 1 is 0.852 bits per heavy atom. The first-order valence-corrected chi connectivity index (χ1v) is 18.1. The quantitative estimate of drug-likeness (QED) is 0.128. The molecule has 54 heavy (non-hydrogen) atoms. The van der Waals surface area contributed by atoms with E-state index in [1.807, 2.05) is 60.7 Å². The van der Waals surface area contributed by atoms with Crippen LogP contribution in [0.4, 0.5) is 11.4 Å². The highest BCUT2D eigenvalue weighted by atomic mass is 35.5. The Morgan fingerprint density at radius 3 is 2.15 bits per heavy atom. The number of nitrogens with one attached hydrogen (secondary N) is 2. The normalized spacial score (nSPS) is 14.6. The predicted octanol–water partition coefficient (Wildman–Crippen LogP) is 5.77. The van der Waals surface area contributed by atoms with Crippen LogP contribution in [-0.2, 0) is 43.2 Å². The molecule has 2 atom stereocenters. The smallest absolute Gasteiger partial charge is 0.305 e. The summed E-state index contributed by atoms with van der Waals surface area (Å²) >= 11 is 12.3. The van der Waals surface area contributed by atoms with Crippen LogP contribution in [-0.4, -0.2) is 64.9 Å². The van der Waals surface area contributed by atoms with Crippen LogP contribution in [0.25, 0.3) is 11.1 Å². The van der Waals surface area contributed by atoms with Gasteiger partial charge in [0.2, 0.25) is 17.7 Å². The minimum absolute atomic E-state index is 0.0906. The number of carboxylic acids is 1. The van der Waals surface area contributed by atoms with Gasteiger partial charge >= 0.3 is 5.97 Å². The van der Waals surface area contributed by atoms with Gasteiger partial charge in [0.15, 0.2) is 11.5 Å². The maximum atomic E-state index is 14.4. The molecule has 4 aromatic carbocycles. The van der Waals surface area contributed by atoms with E-state index in [-0.39, 0.29) is 53.9 Å². The van der Waals surface area contributed by atoms with Gasteiger partial charge in [-0.05, 0) is 48.2 Å². The van der Waals surface area contributed by atoms with Crippen LogP contribution in [0.2, 0.25) is 10.0 Å². The van der Waals surface area contributed by atoms with Crippen molar-refractivity contribution in [2.45, 2.75) is 50.6 Å². The lowest BCUT2D eigenvalue weighted by Crippen LogP contribution is -2.54. The molecule has 0 bridgehead atoms. The summed E-state index contributed by atoms with van der Waals surface area (Å²) in [5.41, 5.74) is 3.23. The third kappa shape index (κ3) is 9.63. The van der Waals surface area contributed by atoms with Crippen LogP contribution >= 0.6 is 23.2 Å². The van der Waals surface area contributed by atoms with Crippen molar-refractivity contribution < 1.29 is 33.5 Å². The second-order valence-corrected chi connectivity index (χ2v) is 13.8. The third-order valence-corrected chi connectivity index (χ3v) is 9.44. The number of rotatable bonds is 14. The summed E-state index contributed by atoms with van der Waals surface area (Å²) < 4.78 is 5.77. The van der Waals surface area contributed by atoms with Crippen LogP contribution in [0.15, 0.2) is 101 Å². The van der Waals surface area contributed by atoms with E-state index in [1.54, 1.807) is 30.3 Å². The molecule has 0 unspecified atom stereocenters. The van der Waals surface area contributed by atoms with Crippen molar-refractivity contribution in [3.8, 4) is 0 Å². The Morgan fingerprint density at radius 2 is 1.48 bits per heavy atom. The van der Waals surface area contributed by atoms with Gasteiger partial charge in [0, 0.05) is 30.3 Å². The summed E-state index contributed by atoms with van der Waals surface area (Å²) in [6.45, 7) is -0.700. The standard InChI is InChI=1S/C40H37Cl2N5O7/c41-27-19-29(42)39-30(20-27)45-36(54-39)21-28(22-38(51)52)43-35(49)24-47-33-14-8-7-13-32(33)46(37(50)18-16-26-11-5-2-6-12-26)23-31(40(47)53)44-34(48)17-15-25-9-3-1-4-10-25/h1-14,19-20,28,31H,15-18,21-24H2,(H,43,49)(H,44,48)(H,51,52)/t28-,31+/m1/s1. The Kier molecular flexibility index (Phi) is 12.3. The highest BCUT2D eigenvalue weighted by Gasteiger charge is 2.38. The molecule has 1 aliphatic heterocycles. The number of benzene rings is 4. The first kappa shape index (κ1) is 38.0. The zero-order valence-electron chi connectivity index (χ0n) is 29.0. The lowest BCUT2D eigenvalue weighted by atomic mass is 10.1. The van der Waals surface area contributed by atoms with Gasteiger partial charge < -0.3 is 25.1 Å². The molecule has 0 saturated carbocycles. The van der Waals surface area contributed by atoms with Crippen molar-refractivity contribution in [3.63, 3.8) is 0 Å². The van der Waals surface area contributed by atoms with E-state index in [4.69, 9.17) is 27.6 Å². The van der Waals surface area contributed by atoms with E-state index in [9.17, 15) is 29.1 Å². The third-order valence-electron chi connectivity index (χ3n) is 8.95. The van der Waals surface area contributed by atoms with Crippen molar-refractivity contribution >= 4 is 75.3 Å². The number of aromatic nitrogens is 1. The molecular formula is C40H37Cl2N5O7. The molecule has 3 N–H and O–H groups in total. The largest absolute Gasteiger partial charge is 0.481 e. The average molecular weight is 771 g/mol. The number of carbonyl (C=O) groups excluding carboxylic acids is 4. The number of carboxylic acid groups (broad SMARTS) is 1. The summed E-state index contributed by atoms with van der Waals surface area (Å²) in [6, 6.07) is 26.5. The number of halogens is 2. The highest BCUT2D eigenvalue weighted by Crippen LogP contribution is 2.34. The molecule has 278 valence electrons. The average Bonchev–Trinajstić information content (AvgIpc) is 3.52. The van der Waals surface area contributed by atoms with E-state index in [2.05, 4.69) is 15.6 Å². The van der Waals surface area contributed by atoms with Gasteiger partial charge in [-0.1, -0.05) is 96.0 Å². The van der Waals surface area contributed by atoms with Crippen molar-refractivity contribution in [3.05, 3.63) is 124 Å². The molecule has 0 spiro atoms. The summed E-state index contributed by atoms with van der Waals surface area (Å²) in [5.74, 6) is -3.01. The second kappa shape index (κ2) is 17.4. The Labute approximate surface area is 321 Å². The van der Waals surface area contributed by atoms with Gasteiger partial charge in [-0.2, -0.15) is 0 Å². The highest BCUT2D eigenvalue weighted by molar-refractivity contribution is 6.38. The van der Waals surface area contributed by atoms with E-state index in [1.165, 1.54) is 15.9 Å². The number of nitrogens with zero attached hydrogens (tertiary/aromatic N) is 3. The molecule has 1 aromatic heterocycles. The number of carbonyl (C=O) groups is 5. The SMILES string of the molecule is O=C(O)C[C@@H](Cc1nc2cc(Cl)cc(Cl)c2o1)NC(=O)CN1C(=O)[C@@H](NC(=O)CCc2ccccc2)CN(C(=O)CCc2ccccc2)c2ccccc21. The Balaban J connectivity index is 1.25. The maximum Gasteiger partial charge on any atom is 0.305 e. The number of hydrogen-bond donors (Lipinski definition) is 3. The molecule has 6 rings (SSSR count). The van der Waals surface area contributed by atoms with Crippen molar-refractivity contribution in [1.82, 2.24) is 15.6 Å². The Bertz CT molecular complexity index is 2160. The molecule has 0 aliphatic carbocycles. The molecule has 4 amide bonds. The number of hydrogen-bond acceptors (Lipinski definition) is 7.